The Hall–Kier alpha value is -3.29. The number of hydrogen-bond acceptors (Lipinski definition) is 4. The second-order valence-corrected chi connectivity index (χ2v) is 8.25. The standard InChI is InChI=1S/C24H19BrClN3O3/c25-19-4-8-23(9-5-19)32-16-29-14-21(13-27-29)28-24(30)18-3-1-2-17(12-18)15-31-22-10-6-20(26)7-11-22/h1-14H,15-16H2,(H,28,30). The minimum Gasteiger partial charge on any atom is -0.489 e. The zero-order chi connectivity index (χ0) is 22.3. The number of amides is 1. The fourth-order valence-electron chi connectivity index (χ4n) is 2.87. The molecule has 0 fully saturated rings. The molecule has 1 amide bonds. The number of anilines is 1. The summed E-state index contributed by atoms with van der Waals surface area (Å²) >= 11 is 9.28. The number of carbonyl (C=O) groups is 1. The van der Waals surface area contributed by atoms with E-state index in [2.05, 4.69) is 26.3 Å². The van der Waals surface area contributed by atoms with Crippen molar-refractivity contribution in [2.75, 3.05) is 5.32 Å². The van der Waals surface area contributed by atoms with E-state index in [4.69, 9.17) is 21.1 Å². The van der Waals surface area contributed by atoms with Crippen LogP contribution in [0.25, 0.3) is 0 Å². The fraction of sp³-hybridized carbons (Fsp3) is 0.0833. The molecule has 0 saturated heterocycles. The van der Waals surface area contributed by atoms with Crippen LogP contribution in [0.1, 0.15) is 15.9 Å². The molecule has 0 atom stereocenters. The molecular formula is C24H19BrClN3O3. The van der Waals surface area contributed by atoms with Crippen molar-refractivity contribution in [3.05, 3.63) is 106 Å². The van der Waals surface area contributed by atoms with Gasteiger partial charge in [-0.2, -0.15) is 5.10 Å². The number of nitrogens with zero attached hydrogens (tertiary/aromatic N) is 2. The van der Waals surface area contributed by atoms with Crippen LogP contribution < -0.4 is 14.8 Å². The Morgan fingerprint density at radius 2 is 1.72 bits per heavy atom. The first-order chi connectivity index (χ1) is 15.5. The lowest BCUT2D eigenvalue weighted by atomic mass is 10.1. The molecule has 4 aromatic rings. The molecule has 1 aromatic heterocycles. The lowest BCUT2D eigenvalue weighted by Crippen LogP contribution is -2.12. The number of halogens is 2. The van der Waals surface area contributed by atoms with Gasteiger partial charge in [0.05, 0.1) is 18.1 Å². The Balaban J connectivity index is 1.32. The normalized spacial score (nSPS) is 10.6. The molecule has 0 aliphatic heterocycles. The molecule has 3 aromatic carbocycles. The fourth-order valence-corrected chi connectivity index (χ4v) is 3.26. The van der Waals surface area contributed by atoms with Crippen molar-refractivity contribution in [2.45, 2.75) is 13.3 Å². The number of rotatable bonds is 8. The summed E-state index contributed by atoms with van der Waals surface area (Å²) in [6, 6.07) is 21.9. The predicted molar refractivity (Wildman–Crippen MR) is 127 cm³/mol. The summed E-state index contributed by atoms with van der Waals surface area (Å²) in [4.78, 5) is 12.7. The molecule has 8 heteroatoms. The first-order valence-corrected chi connectivity index (χ1v) is 10.9. The topological polar surface area (TPSA) is 65.4 Å². The first kappa shape index (κ1) is 21.9. The Morgan fingerprint density at radius 1 is 1.00 bits per heavy atom. The van der Waals surface area contributed by atoms with Gasteiger partial charge < -0.3 is 14.8 Å². The van der Waals surface area contributed by atoms with Gasteiger partial charge in [0.2, 0.25) is 0 Å². The van der Waals surface area contributed by atoms with Crippen LogP contribution in [0.5, 0.6) is 11.5 Å². The van der Waals surface area contributed by atoms with E-state index in [1.807, 2.05) is 36.4 Å². The highest BCUT2D eigenvalue weighted by Gasteiger charge is 2.09. The maximum Gasteiger partial charge on any atom is 0.255 e. The van der Waals surface area contributed by atoms with E-state index in [0.29, 0.717) is 28.6 Å². The SMILES string of the molecule is O=C(Nc1cnn(COc2ccc(Br)cc2)c1)c1cccc(COc2ccc(Cl)cc2)c1. The summed E-state index contributed by atoms with van der Waals surface area (Å²) in [5.74, 6) is 1.21. The molecule has 1 heterocycles. The predicted octanol–water partition coefficient (Wildman–Crippen LogP) is 6.17. The monoisotopic (exact) mass is 511 g/mol. The molecule has 0 spiro atoms. The Labute approximate surface area is 198 Å². The smallest absolute Gasteiger partial charge is 0.255 e. The molecule has 0 aliphatic carbocycles. The zero-order valence-electron chi connectivity index (χ0n) is 16.9. The van der Waals surface area contributed by atoms with Crippen LogP contribution in [0.3, 0.4) is 0 Å². The Morgan fingerprint density at radius 3 is 2.50 bits per heavy atom. The second-order valence-electron chi connectivity index (χ2n) is 6.89. The van der Waals surface area contributed by atoms with Gasteiger partial charge in [0.1, 0.15) is 18.1 Å². The van der Waals surface area contributed by atoms with E-state index in [0.717, 1.165) is 15.8 Å². The maximum absolute atomic E-state index is 12.7. The van der Waals surface area contributed by atoms with Crippen molar-refractivity contribution in [1.82, 2.24) is 9.78 Å². The molecule has 0 unspecified atom stereocenters. The number of benzene rings is 3. The van der Waals surface area contributed by atoms with E-state index >= 15 is 0 Å². The maximum atomic E-state index is 12.7. The zero-order valence-corrected chi connectivity index (χ0v) is 19.2. The van der Waals surface area contributed by atoms with Gasteiger partial charge in [-0.15, -0.1) is 0 Å². The quantitative estimate of drug-likeness (QED) is 0.307. The molecule has 32 heavy (non-hydrogen) atoms. The van der Waals surface area contributed by atoms with Gasteiger partial charge in [-0.1, -0.05) is 39.7 Å². The highest BCUT2D eigenvalue weighted by atomic mass is 79.9. The molecule has 1 N–H and O–H groups in total. The molecule has 0 aliphatic rings. The van der Waals surface area contributed by atoms with Gasteiger partial charge >= 0.3 is 0 Å². The number of carbonyl (C=O) groups excluding carboxylic acids is 1. The van der Waals surface area contributed by atoms with Crippen LogP contribution in [-0.4, -0.2) is 15.7 Å². The molecular weight excluding hydrogens is 494 g/mol. The van der Waals surface area contributed by atoms with Crippen LogP contribution in [0, 0.1) is 0 Å². The van der Waals surface area contributed by atoms with Gasteiger partial charge in [-0.3, -0.25) is 4.79 Å². The summed E-state index contributed by atoms with van der Waals surface area (Å²) in [6.07, 6.45) is 3.29. The van der Waals surface area contributed by atoms with Gasteiger partial charge in [0.25, 0.3) is 5.91 Å². The minimum atomic E-state index is -0.230. The minimum absolute atomic E-state index is 0.230. The summed E-state index contributed by atoms with van der Waals surface area (Å²) in [6.45, 7) is 0.573. The number of hydrogen-bond donors (Lipinski definition) is 1. The molecule has 162 valence electrons. The van der Waals surface area contributed by atoms with Crippen LogP contribution in [0.15, 0.2) is 89.7 Å². The van der Waals surface area contributed by atoms with E-state index in [9.17, 15) is 4.79 Å². The summed E-state index contributed by atoms with van der Waals surface area (Å²) in [7, 11) is 0. The lowest BCUT2D eigenvalue weighted by Gasteiger charge is -2.08. The third-order valence-corrected chi connectivity index (χ3v) is 5.26. The van der Waals surface area contributed by atoms with E-state index in [1.54, 1.807) is 53.5 Å². The third kappa shape index (κ3) is 6.12. The van der Waals surface area contributed by atoms with Gasteiger partial charge in [0.15, 0.2) is 6.73 Å². The second kappa shape index (κ2) is 10.3. The molecule has 6 nitrogen and oxygen atoms in total. The van der Waals surface area contributed by atoms with Crippen molar-refractivity contribution in [1.29, 1.82) is 0 Å². The molecule has 0 bridgehead atoms. The number of aromatic nitrogens is 2. The van der Waals surface area contributed by atoms with E-state index in [-0.39, 0.29) is 12.6 Å². The highest BCUT2D eigenvalue weighted by Crippen LogP contribution is 2.18. The largest absolute Gasteiger partial charge is 0.489 e. The van der Waals surface area contributed by atoms with Crippen molar-refractivity contribution >= 4 is 39.1 Å². The lowest BCUT2D eigenvalue weighted by molar-refractivity contribution is 0.102. The van der Waals surface area contributed by atoms with Crippen molar-refractivity contribution < 1.29 is 14.3 Å². The molecule has 4 rings (SSSR count). The highest BCUT2D eigenvalue weighted by molar-refractivity contribution is 9.10. The van der Waals surface area contributed by atoms with Gasteiger partial charge in [-0.05, 0) is 66.2 Å². The van der Waals surface area contributed by atoms with Crippen LogP contribution in [0.2, 0.25) is 5.02 Å². The Bertz CT molecular complexity index is 1190. The van der Waals surface area contributed by atoms with Crippen LogP contribution in [-0.2, 0) is 13.3 Å². The summed E-state index contributed by atoms with van der Waals surface area (Å²) in [5, 5.41) is 7.72. The first-order valence-electron chi connectivity index (χ1n) is 9.75. The van der Waals surface area contributed by atoms with Crippen molar-refractivity contribution in [2.24, 2.45) is 0 Å². The number of nitrogens with one attached hydrogen (secondary N) is 1. The summed E-state index contributed by atoms with van der Waals surface area (Å²) < 4.78 is 14.0. The number of ether oxygens (including phenoxy) is 2. The van der Waals surface area contributed by atoms with Gasteiger partial charge in [-0.25, -0.2) is 4.68 Å². The van der Waals surface area contributed by atoms with Crippen LogP contribution >= 0.6 is 27.5 Å². The molecule has 0 radical (unpaired) electrons. The van der Waals surface area contributed by atoms with E-state index in [1.165, 1.54) is 0 Å². The van der Waals surface area contributed by atoms with Crippen molar-refractivity contribution in [3.63, 3.8) is 0 Å². The Kier molecular flexibility index (Phi) is 7.09. The van der Waals surface area contributed by atoms with Crippen LogP contribution in [0.4, 0.5) is 5.69 Å². The molecule has 0 saturated carbocycles. The van der Waals surface area contributed by atoms with Gasteiger partial charge in [0, 0.05) is 15.1 Å². The summed E-state index contributed by atoms with van der Waals surface area (Å²) in [5.41, 5.74) is 1.99. The van der Waals surface area contributed by atoms with Crippen molar-refractivity contribution in [3.8, 4) is 11.5 Å². The third-order valence-electron chi connectivity index (χ3n) is 4.48. The van der Waals surface area contributed by atoms with E-state index < -0.39 is 0 Å². The average Bonchev–Trinajstić information content (AvgIpc) is 3.26. The average molecular weight is 513 g/mol.